The Morgan fingerprint density at radius 2 is 2.19 bits per heavy atom. The molecule has 2 unspecified atom stereocenters. The summed E-state index contributed by atoms with van der Waals surface area (Å²) in [5.41, 5.74) is 2.64. The predicted octanol–water partition coefficient (Wildman–Crippen LogP) is 2.57. The Labute approximate surface area is 96.7 Å². The van der Waals surface area contributed by atoms with Crippen LogP contribution in [-0.4, -0.2) is 16.0 Å². The smallest absolute Gasteiger partial charge is 0.133 e. The summed E-state index contributed by atoms with van der Waals surface area (Å²) in [5.74, 6) is 1.98. The molecule has 2 atom stereocenters. The van der Waals surface area contributed by atoms with Crippen LogP contribution in [0.3, 0.4) is 0 Å². The van der Waals surface area contributed by atoms with Crippen LogP contribution in [0.5, 0.6) is 0 Å². The van der Waals surface area contributed by atoms with Gasteiger partial charge in [-0.2, -0.15) is 0 Å². The Morgan fingerprint density at radius 1 is 1.25 bits per heavy atom. The van der Waals surface area contributed by atoms with Gasteiger partial charge in [-0.25, -0.2) is 9.97 Å². The van der Waals surface area contributed by atoms with Crippen molar-refractivity contribution in [2.24, 2.45) is 5.92 Å². The summed E-state index contributed by atoms with van der Waals surface area (Å²) in [5, 5.41) is 3.62. The summed E-state index contributed by atoms with van der Waals surface area (Å²) < 4.78 is 0. The van der Waals surface area contributed by atoms with E-state index in [1.807, 2.05) is 0 Å². The number of hydrogen-bond acceptors (Lipinski definition) is 3. The summed E-state index contributed by atoms with van der Waals surface area (Å²) in [6, 6.07) is 0.634. The van der Waals surface area contributed by atoms with Gasteiger partial charge in [-0.1, -0.05) is 6.92 Å². The third-order valence-corrected chi connectivity index (χ3v) is 3.91. The lowest BCUT2D eigenvalue weighted by atomic mass is 10.1. The molecule has 0 amide bonds. The molecule has 1 aromatic heterocycles. The third kappa shape index (κ3) is 1.79. The van der Waals surface area contributed by atoms with Gasteiger partial charge in [-0.3, -0.25) is 0 Å². The van der Waals surface area contributed by atoms with Gasteiger partial charge < -0.3 is 5.32 Å². The first-order valence-corrected chi connectivity index (χ1v) is 6.42. The molecule has 2 aliphatic rings. The predicted molar refractivity (Wildman–Crippen MR) is 64.5 cm³/mol. The van der Waals surface area contributed by atoms with Gasteiger partial charge in [0, 0.05) is 17.3 Å². The Bertz CT molecular complexity index is 389. The minimum absolute atomic E-state index is 0.634. The zero-order valence-electron chi connectivity index (χ0n) is 9.87. The maximum Gasteiger partial charge on any atom is 0.133 e. The van der Waals surface area contributed by atoms with E-state index in [1.54, 1.807) is 6.33 Å². The Balaban J connectivity index is 1.77. The first-order chi connectivity index (χ1) is 7.83. The van der Waals surface area contributed by atoms with Crippen LogP contribution in [0, 0.1) is 5.92 Å². The Hall–Kier alpha value is -1.12. The van der Waals surface area contributed by atoms with Crippen LogP contribution in [0.2, 0.25) is 0 Å². The highest BCUT2D eigenvalue weighted by Gasteiger charge is 2.24. The van der Waals surface area contributed by atoms with Crippen LogP contribution in [-0.2, 0) is 12.8 Å². The van der Waals surface area contributed by atoms with Crippen LogP contribution in [0.1, 0.15) is 43.9 Å². The number of rotatable bonds is 2. The molecule has 0 aromatic carbocycles. The highest BCUT2D eigenvalue weighted by molar-refractivity contribution is 5.48. The van der Waals surface area contributed by atoms with Gasteiger partial charge in [-0.15, -0.1) is 0 Å². The fraction of sp³-hybridized carbons (Fsp3) is 0.692. The van der Waals surface area contributed by atoms with Crippen molar-refractivity contribution in [1.29, 1.82) is 0 Å². The molecule has 1 heterocycles. The average Bonchev–Trinajstić information content (AvgIpc) is 2.87. The summed E-state index contributed by atoms with van der Waals surface area (Å²) in [6.07, 6.45) is 9.17. The second kappa shape index (κ2) is 4.04. The summed E-state index contributed by atoms with van der Waals surface area (Å²) in [7, 11) is 0. The second-order valence-corrected chi connectivity index (χ2v) is 5.26. The van der Waals surface area contributed by atoms with Crippen molar-refractivity contribution in [1.82, 2.24) is 9.97 Å². The van der Waals surface area contributed by atoms with Crippen LogP contribution in [0.15, 0.2) is 6.33 Å². The molecule has 0 saturated heterocycles. The molecule has 0 radical (unpaired) electrons. The molecular formula is C13H19N3. The molecule has 0 aliphatic heterocycles. The van der Waals surface area contributed by atoms with Gasteiger partial charge in [0.05, 0.1) is 0 Å². The molecule has 0 bridgehead atoms. The largest absolute Gasteiger partial charge is 0.367 e. The number of nitrogens with zero attached hydrogens (tertiary/aromatic N) is 2. The first-order valence-electron chi connectivity index (χ1n) is 6.42. The fourth-order valence-electron chi connectivity index (χ4n) is 3.02. The number of hydrogen-bond donors (Lipinski definition) is 1. The van der Waals surface area contributed by atoms with Gasteiger partial charge in [0.15, 0.2) is 0 Å². The zero-order chi connectivity index (χ0) is 11.0. The average molecular weight is 217 g/mol. The fourth-order valence-corrected chi connectivity index (χ4v) is 3.02. The van der Waals surface area contributed by atoms with E-state index in [4.69, 9.17) is 0 Å². The maximum absolute atomic E-state index is 4.42. The molecule has 0 spiro atoms. The highest BCUT2D eigenvalue weighted by Crippen LogP contribution is 2.30. The van der Waals surface area contributed by atoms with Gasteiger partial charge in [0.2, 0.25) is 0 Å². The lowest BCUT2D eigenvalue weighted by molar-refractivity contribution is 0.602. The Morgan fingerprint density at radius 3 is 3.00 bits per heavy atom. The normalized spacial score (nSPS) is 28.1. The highest BCUT2D eigenvalue weighted by atomic mass is 15.0. The molecule has 1 fully saturated rings. The van der Waals surface area contributed by atoms with E-state index in [-0.39, 0.29) is 0 Å². The second-order valence-electron chi connectivity index (χ2n) is 5.26. The molecule has 1 saturated carbocycles. The lowest BCUT2D eigenvalue weighted by Gasteiger charge is -2.15. The van der Waals surface area contributed by atoms with Crippen molar-refractivity contribution in [2.75, 3.05) is 5.32 Å². The number of aryl methyl sites for hydroxylation is 1. The molecule has 3 heteroatoms. The topological polar surface area (TPSA) is 37.8 Å². The van der Waals surface area contributed by atoms with Crippen molar-refractivity contribution in [3.05, 3.63) is 17.6 Å². The number of fused-ring (bicyclic) bond motifs is 1. The standard InChI is InChI=1S/C13H19N3/c1-9-5-6-10(7-9)16-13-11-3-2-4-12(11)14-8-15-13/h8-10H,2-7H2,1H3,(H,14,15,16). The van der Waals surface area contributed by atoms with E-state index in [2.05, 4.69) is 22.2 Å². The van der Waals surface area contributed by atoms with E-state index >= 15 is 0 Å². The van der Waals surface area contributed by atoms with Crippen LogP contribution < -0.4 is 5.32 Å². The van der Waals surface area contributed by atoms with Gasteiger partial charge in [-0.05, 0) is 44.4 Å². The molecule has 1 N–H and O–H groups in total. The Kier molecular flexibility index (Phi) is 2.54. The maximum atomic E-state index is 4.42. The summed E-state index contributed by atoms with van der Waals surface area (Å²) >= 11 is 0. The van der Waals surface area contributed by atoms with E-state index in [1.165, 1.54) is 36.9 Å². The van der Waals surface area contributed by atoms with E-state index in [0.29, 0.717) is 6.04 Å². The quantitative estimate of drug-likeness (QED) is 0.827. The molecule has 86 valence electrons. The van der Waals surface area contributed by atoms with Crippen LogP contribution >= 0.6 is 0 Å². The van der Waals surface area contributed by atoms with E-state index in [0.717, 1.165) is 24.6 Å². The van der Waals surface area contributed by atoms with Gasteiger partial charge >= 0.3 is 0 Å². The molecule has 3 nitrogen and oxygen atoms in total. The van der Waals surface area contributed by atoms with Gasteiger partial charge in [0.1, 0.15) is 12.1 Å². The molecule has 3 rings (SSSR count). The van der Waals surface area contributed by atoms with Crippen molar-refractivity contribution in [2.45, 2.75) is 51.5 Å². The summed E-state index contributed by atoms with van der Waals surface area (Å²) in [4.78, 5) is 8.77. The SMILES string of the molecule is CC1CCC(Nc2ncnc3c2CCC3)C1. The third-order valence-electron chi connectivity index (χ3n) is 3.91. The molecular weight excluding hydrogens is 198 g/mol. The zero-order valence-corrected chi connectivity index (χ0v) is 9.87. The first kappa shape index (κ1) is 10.1. The van der Waals surface area contributed by atoms with Gasteiger partial charge in [0.25, 0.3) is 0 Å². The minimum Gasteiger partial charge on any atom is -0.367 e. The monoisotopic (exact) mass is 217 g/mol. The van der Waals surface area contributed by atoms with Crippen LogP contribution in [0.4, 0.5) is 5.82 Å². The van der Waals surface area contributed by atoms with Crippen molar-refractivity contribution < 1.29 is 0 Å². The summed E-state index contributed by atoms with van der Waals surface area (Å²) in [6.45, 7) is 2.34. The molecule has 1 aromatic rings. The number of anilines is 1. The van der Waals surface area contributed by atoms with E-state index < -0.39 is 0 Å². The van der Waals surface area contributed by atoms with Crippen molar-refractivity contribution in [3.8, 4) is 0 Å². The van der Waals surface area contributed by atoms with Crippen molar-refractivity contribution in [3.63, 3.8) is 0 Å². The molecule has 16 heavy (non-hydrogen) atoms. The van der Waals surface area contributed by atoms with Crippen LogP contribution in [0.25, 0.3) is 0 Å². The van der Waals surface area contributed by atoms with E-state index in [9.17, 15) is 0 Å². The number of nitrogens with one attached hydrogen (secondary N) is 1. The minimum atomic E-state index is 0.634. The molecule has 2 aliphatic carbocycles. The number of aromatic nitrogens is 2. The lowest BCUT2D eigenvalue weighted by Crippen LogP contribution is -2.17. The van der Waals surface area contributed by atoms with Crippen molar-refractivity contribution >= 4 is 5.82 Å².